The molecule has 0 saturated heterocycles. The second kappa shape index (κ2) is 5.47. The summed E-state index contributed by atoms with van der Waals surface area (Å²) in [5, 5.41) is 2.95. The molecule has 0 aliphatic carbocycles. The minimum atomic E-state index is -0.608. The van der Waals surface area contributed by atoms with Crippen LogP contribution < -0.4 is 11.1 Å². The molecule has 0 bridgehead atoms. The average Bonchev–Trinajstić information content (AvgIpc) is 2.33. The van der Waals surface area contributed by atoms with Gasteiger partial charge in [0.05, 0.1) is 21.3 Å². The maximum atomic E-state index is 13.3. The Bertz CT molecular complexity index is 626. The Morgan fingerprint density at radius 1 is 1.16 bits per heavy atom. The van der Waals surface area contributed by atoms with Gasteiger partial charge in [-0.25, -0.2) is 4.39 Å². The molecule has 0 atom stereocenters. The lowest BCUT2D eigenvalue weighted by molar-refractivity contribution is 0.102. The van der Waals surface area contributed by atoms with Crippen LogP contribution in [0.5, 0.6) is 0 Å². The Hall–Kier alpha value is -1.78. The Morgan fingerprint density at radius 3 is 2.37 bits per heavy atom. The number of nitrogen functional groups attached to an aromatic ring is 1. The molecule has 98 valence electrons. The first-order valence-corrected chi connectivity index (χ1v) is 6.05. The molecule has 0 aromatic heterocycles. The lowest BCUT2D eigenvalue weighted by atomic mass is 10.2. The van der Waals surface area contributed by atoms with Crippen molar-refractivity contribution >= 4 is 40.5 Å². The SMILES string of the molecule is Nc1ccc(NC(=O)c2c(Cl)cccc2Cl)cc1F. The van der Waals surface area contributed by atoms with Crippen molar-refractivity contribution in [3.8, 4) is 0 Å². The number of rotatable bonds is 2. The van der Waals surface area contributed by atoms with Gasteiger partial charge in [0.1, 0.15) is 5.82 Å². The van der Waals surface area contributed by atoms with Crippen LogP contribution >= 0.6 is 23.2 Å². The molecule has 19 heavy (non-hydrogen) atoms. The van der Waals surface area contributed by atoms with E-state index >= 15 is 0 Å². The van der Waals surface area contributed by atoms with Crippen LogP contribution in [0.1, 0.15) is 10.4 Å². The Labute approximate surface area is 119 Å². The highest BCUT2D eigenvalue weighted by molar-refractivity contribution is 6.40. The fraction of sp³-hybridized carbons (Fsp3) is 0. The molecule has 6 heteroatoms. The van der Waals surface area contributed by atoms with Gasteiger partial charge in [-0.1, -0.05) is 29.3 Å². The number of halogens is 3. The van der Waals surface area contributed by atoms with Gasteiger partial charge >= 0.3 is 0 Å². The molecular formula is C13H9Cl2FN2O. The van der Waals surface area contributed by atoms with Crippen LogP contribution in [-0.4, -0.2) is 5.91 Å². The quantitative estimate of drug-likeness (QED) is 0.824. The number of benzene rings is 2. The summed E-state index contributed by atoms with van der Waals surface area (Å²) < 4.78 is 13.3. The molecule has 2 aromatic carbocycles. The van der Waals surface area contributed by atoms with Gasteiger partial charge < -0.3 is 11.1 Å². The average molecular weight is 299 g/mol. The molecule has 0 aliphatic heterocycles. The molecular weight excluding hydrogens is 290 g/mol. The number of carbonyl (C=O) groups excluding carboxylic acids is 1. The zero-order chi connectivity index (χ0) is 14.0. The third-order valence-corrected chi connectivity index (χ3v) is 3.08. The van der Waals surface area contributed by atoms with Gasteiger partial charge in [-0.15, -0.1) is 0 Å². The normalized spacial score (nSPS) is 10.3. The van der Waals surface area contributed by atoms with Crippen LogP contribution in [-0.2, 0) is 0 Å². The molecule has 1 amide bonds. The molecule has 0 aliphatic rings. The predicted octanol–water partition coefficient (Wildman–Crippen LogP) is 3.97. The second-order valence-corrected chi connectivity index (χ2v) is 4.60. The molecule has 2 aromatic rings. The Morgan fingerprint density at radius 2 is 1.79 bits per heavy atom. The summed E-state index contributed by atoms with van der Waals surface area (Å²) in [5.41, 5.74) is 5.77. The first-order valence-electron chi connectivity index (χ1n) is 5.29. The van der Waals surface area contributed by atoms with E-state index in [0.717, 1.165) is 6.07 Å². The number of amides is 1. The minimum absolute atomic E-state index is 0.00812. The minimum Gasteiger partial charge on any atom is -0.396 e. The maximum absolute atomic E-state index is 13.3. The van der Waals surface area contributed by atoms with E-state index in [2.05, 4.69) is 5.32 Å². The van der Waals surface area contributed by atoms with Gasteiger partial charge in [0.2, 0.25) is 0 Å². The number of nitrogens with two attached hydrogens (primary N) is 1. The van der Waals surface area contributed by atoms with E-state index < -0.39 is 11.7 Å². The zero-order valence-electron chi connectivity index (χ0n) is 9.58. The number of anilines is 2. The van der Waals surface area contributed by atoms with Crippen LogP contribution in [0.4, 0.5) is 15.8 Å². The first-order chi connectivity index (χ1) is 8.99. The molecule has 3 nitrogen and oxygen atoms in total. The lowest BCUT2D eigenvalue weighted by Gasteiger charge is -2.09. The van der Waals surface area contributed by atoms with Crippen molar-refractivity contribution in [1.82, 2.24) is 0 Å². The molecule has 0 heterocycles. The van der Waals surface area contributed by atoms with Crippen molar-refractivity contribution in [3.63, 3.8) is 0 Å². The number of carbonyl (C=O) groups is 1. The highest BCUT2D eigenvalue weighted by Crippen LogP contribution is 2.25. The largest absolute Gasteiger partial charge is 0.396 e. The van der Waals surface area contributed by atoms with Crippen molar-refractivity contribution in [2.24, 2.45) is 0 Å². The molecule has 3 N–H and O–H groups in total. The smallest absolute Gasteiger partial charge is 0.258 e. The van der Waals surface area contributed by atoms with Gasteiger partial charge in [-0.05, 0) is 30.3 Å². The summed E-state index contributed by atoms with van der Waals surface area (Å²) in [7, 11) is 0. The Kier molecular flexibility index (Phi) is 3.93. The molecule has 0 spiro atoms. The predicted molar refractivity (Wildman–Crippen MR) is 75.2 cm³/mol. The topological polar surface area (TPSA) is 55.1 Å². The summed E-state index contributed by atoms with van der Waals surface area (Å²) in [6.45, 7) is 0. The van der Waals surface area contributed by atoms with Crippen molar-refractivity contribution in [2.75, 3.05) is 11.1 Å². The van der Waals surface area contributed by atoms with Gasteiger partial charge in [0, 0.05) is 5.69 Å². The fourth-order valence-electron chi connectivity index (χ4n) is 1.51. The molecule has 0 saturated carbocycles. The summed E-state index contributed by atoms with van der Waals surface area (Å²) in [6.07, 6.45) is 0. The van der Waals surface area contributed by atoms with Gasteiger partial charge in [-0.3, -0.25) is 4.79 Å². The maximum Gasteiger partial charge on any atom is 0.258 e. The van der Waals surface area contributed by atoms with Gasteiger partial charge in [-0.2, -0.15) is 0 Å². The van der Waals surface area contributed by atoms with Crippen molar-refractivity contribution in [3.05, 3.63) is 57.8 Å². The van der Waals surface area contributed by atoms with E-state index in [1.165, 1.54) is 12.1 Å². The van der Waals surface area contributed by atoms with Crippen molar-refractivity contribution in [2.45, 2.75) is 0 Å². The van der Waals surface area contributed by atoms with E-state index in [-0.39, 0.29) is 27.0 Å². The van der Waals surface area contributed by atoms with Gasteiger partial charge in [0.15, 0.2) is 0 Å². The number of hydrogen-bond donors (Lipinski definition) is 2. The fourth-order valence-corrected chi connectivity index (χ4v) is 2.08. The summed E-state index contributed by atoms with van der Waals surface area (Å²) >= 11 is 11.8. The van der Waals surface area contributed by atoms with E-state index in [4.69, 9.17) is 28.9 Å². The zero-order valence-corrected chi connectivity index (χ0v) is 11.1. The van der Waals surface area contributed by atoms with Gasteiger partial charge in [0.25, 0.3) is 5.91 Å². The first kappa shape index (κ1) is 13.6. The number of nitrogens with one attached hydrogen (secondary N) is 1. The molecule has 2 rings (SSSR count). The van der Waals surface area contributed by atoms with Crippen LogP contribution in [0.3, 0.4) is 0 Å². The summed E-state index contributed by atoms with van der Waals surface area (Å²) in [4.78, 5) is 12.0. The second-order valence-electron chi connectivity index (χ2n) is 3.79. The summed E-state index contributed by atoms with van der Waals surface area (Å²) in [5.74, 6) is -1.12. The van der Waals surface area contributed by atoms with E-state index in [1.807, 2.05) is 0 Å². The highest BCUT2D eigenvalue weighted by atomic mass is 35.5. The number of hydrogen-bond acceptors (Lipinski definition) is 2. The van der Waals surface area contributed by atoms with Crippen LogP contribution in [0.15, 0.2) is 36.4 Å². The van der Waals surface area contributed by atoms with Crippen LogP contribution in [0.2, 0.25) is 10.0 Å². The van der Waals surface area contributed by atoms with E-state index in [1.54, 1.807) is 18.2 Å². The van der Waals surface area contributed by atoms with Crippen molar-refractivity contribution in [1.29, 1.82) is 0 Å². The lowest BCUT2D eigenvalue weighted by Crippen LogP contribution is -2.13. The Balaban J connectivity index is 2.28. The molecule has 0 fully saturated rings. The molecule has 0 unspecified atom stereocenters. The molecule has 0 radical (unpaired) electrons. The van der Waals surface area contributed by atoms with E-state index in [9.17, 15) is 9.18 Å². The third-order valence-electron chi connectivity index (χ3n) is 2.45. The highest BCUT2D eigenvalue weighted by Gasteiger charge is 2.15. The summed E-state index contributed by atoms with van der Waals surface area (Å²) in [6, 6.07) is 8.69. The monoisotopic (exact) mass is 298 g/mol. The third kappa shape index (κ3) is 2.97. The van der Waals surface area contributed by atoms with Crippen molar-refractivity contribution < 1.29 is 9.18 Å². The van der Waals surface area contributed by atoms with E-state index in [0.29, 0.717) is 0 Å². The standard InChI is InChI=1S/C13H9Cl2FN2O/c14-8-2-1-3-9(15)12(8)13(19)18-7-4-5-11(17)10(16)6-7/h1-6H,17H2,(H,18,19). The van der Waals surface area contributed by atoms with Crippen LogP contribution in [0.25, 0.3) is 0 Å². The van der Waals surface area contributed by atoms with Crippen LogP contribution in [0, 0.1) is 5.82 Å².